The first-order chi connectivity index (χ1) is 11.6. The highest BCUT2D eigenvalue weighted by molar-refractivity contribution is 7.98. The molecule has 0 unspecified atom stereocenters. The zero-order valence-electron chi connectivity index (χ0n) is 13.8. The van der Waals surface area contributed by atoms with Crippen LogP contribution in [0, 0.1) is 10.1 Å². The average Bonchev–Trinajstić information content (AvgIpc) is 2.62. The highest BCUT2D eigenvalue weighted by Gasteiger charge is 2.24. The number of hydrogen-bond acceptors (Lipinski definition) is 4. The van der Waals surface area contributed by atoms with Crippen LogP contribution in [-0.2, 0) is 6.42 Å². The molecule has 0 aliphatic carbocycles. The van der Waals surface area contributed by atoms with Gasteiger partial charge in [0.15, 0.2) is 0 Å². The van der Waals surface area contributed by atoms with Crippen molar-refractivity contribution in [2.75, 3.05) is 19.3 Å². The van der Waals surface area contributed by atoms with Gasteiger partial charge in [-0.15, -0.1) is 11.8 Å². The number of likely N-dealkylation sites (N-methyl/N-ethyl adjacent to an activating group) is 1. The number of benzene rings is 2. The van der Waals surface area contributed by atoms with Crippen molar-refractivity contribution in [3.63, 3.8) is 0 Å². The Bertz CT molecular complexity index is 719. The Balaban J connectivity index is 2.22. The lowest BCUT2D eigenvalue weighted by molar-refractivity contribution is -0.385. The number of thioether (sulfide) groups is 1. The smallest absolute Gasteiger partial charge is 0.282 e. The highest BCUT2D eigenvalue weighted by atomic mass is 32.2. The maximum atomic E-state index is 12.8. The van der Waals surface area contributed by atoms with Crippen LogP contribution in [0.15, 0.2) is 53.4 Å². The predicted molar refractivity (Wildman–Crippen MR) is 96.6 cm³/mol. The molecule has 0 N–H and O–H groups in total. The molecule has 0 aliphatic heterocycles. The molecule has 0 aliphatic rings. The van der Waals surface area contributed by atoms with Crippen molar-refractivity contribution in [3.05, 3.63) is 69.8 Å². The number of carbonyl (C=O) groups is 1. The molecule has 6 heteroatoms. The van der Waals surface area contributed by atoms with Gasteiger partial charge < -0.3 is 4.90 Å². The molecular formula is C18H20N2O3S. The number of nitro benzene ring substituents is 1. The molecule has 2 aromatic rings. The molecule has 0 spiro atoms. The van der Waals surface area contributed by atoms with E-state index in [0.717, 1.165) is 16.9 Å². The summed E-state index contributed by atoms with van der Waals surface area (Å²) in [6, 6.07) is 14.6. The fourth-order valence-corrected chi connectivity index (χ4v) is 2.89. The summed E-state index contributed by atoms with van der Waals surface area (Å²) in [6.45, 7) is 2.92. The summed E-state index contributed by atoms with van der Waals surface area (Å²) in [5.41, 5.74) is 1.15. The van der Waals surface area contributed by atoms with Crippen molar-refractivity contribution in [3.8, 4) is 0 Å². The summed E-state index contributed by atoms with van der Waals surface area (Å²) >= 11 is 1.46. The summed E-state index contributed by atoms with van der Waals surface area (Å²) in [5.74, 6) is -0.295. The predicted octanol–water partition coefficient (Wildman–Crippen LogP) is 4.02. The Morgan fingerprint density at radius 1 is 1.21 bits per heavy atom. The van der Waals surface area contributed by atoms with Crippen LogP contribution in [-0.4, -0.2) is 35.1 Å². The third-order valence-electron chi connectivity index (χ3n) is 3.81. The lowest BCUT2D eigenvalue weighted by Crippen LogP contribution is -2.33. The quantitative estimate of drug-likeness (QED) is 0.432. The van der Waals surface area contributed by atoms with Crippen LogP contribution in [0.5, 0.6) is 0 Å². The van der Waals surface area contributed by atoms with E-state index in [9.17, 15) is 14.9 Å². The minimum absolute atomic E-state index is 0.143. The van der Waals surface area contributed by atoms with Crippen LogP contribution in [0.4, 0.5) is 5.69 Å². The van der Waals surface area contributed by atoms with E-state index < -0.39 is 4.92 Å². The van der Waals surface area contributed by atoms with Crippen molar-refractivity contribution in [1.29, 1.82) is 0 Å². The molecule has 2 aromatic carbocycles. The van der Waals surface area contributed by atoms with Crippen LogP contribution in [0.1, 0.15) is 22.8 Å². The SMILES string of the molecule is CCN(CCc1ccccc1)C(=O)c1cc(SC)ccc1[N+](=O)[O-]. The zero-order valence-corrected chi connectivity index (χ0v) is 14.6. The van der Waals surface area contributed by atoms with Crippen molar-refractivity contribution in [1.82, 2.24) is 4.90 Å². The molecule has 0 fully saturated rings. The third kappa shape index (κ3) is 4.35. The van der Waals surface area contributed by atoms with E-state index in [1.165, 1.54) is 17.8 Å². The fourth-order valence-electron chi connectivity index (χ4n) is 2.45. The molecular weight excluding hydrogens is 324 g/mol. The molecule has 0 radical (unpaired) electrons. The molecule has 0 saturated carbocycles. The first-order valence-electron chi connectivity index (χ1n) is 7.72. The normalized spacial score (nSPS) is 10.4. The fraction of sp³-hybridized carbons (Fsp3) is 0.278. The maximum Gasteiger partial charge on any atom is 0.282 e. The largest absolute Gasteiger partial charge is 0.338 e. The topological polar surface area (TPSA) is 63.5 Å². The van der Waals surface area contributed by atoms with Crippen LogP contribution >= 0.6 is 11.8 Å². The number of hydrogen-bond donors (Lipinski definition) is 0. The van der Waals surface area contributed by atoms with Gasteiger partial charge in [0.05, 0.1) is 4.92 Å². The van der Waals surface area contributed by atoms with Gasteiger partial charge in [-0.1, -0.05) is 30.3 Å². The molecule has 0 heterocycles. The van der Waals surface area contributed by atoms with Gasteiger partial charge in [0.1, 0.15) is 5.56 Å². The average molecular weight is 344 g/mol. The third-order valence-corrected chi connectivity index (χ3v) is 4.54. The molecule has 0 saturated heterocycles. The monoisotopic (exact) mass is 344 g/mol. The zero-order chi connectivity index (χ0) is 17.5. The van der Waals surface area contributed by atoms with Gasteiger partial charge in [0, 0.05) is 24.1 Å². The molecule has 0 bridgehead atoms. The standard InChI is InChI=1S/C18H20N2O3S/c1-3-19(12-11-14-7-5-4-6-8-14)18(21)16-13-15(24-2)9-10-17(16)20(22)23/h4-10,13H,3,11-12H2,1-2H3. The first-order valence-corrected chi connectivity index (χ1v) is 8.95. The molecule has 0 aromatic heterocycles. The lowest BCUT2D eigenvalue weighted by atomic mass is 10.1. The van der Waals surface area contributed by atoms with Crippen molar-refractivity contribution in [2.45, 2.75) is 18.2 Å². The molecule has 5 nitrogen and oxygen atoms in total. The lowest BCUT2D eigenvalue weighted by Gasteiger charge is -2.21. The van der Waals surface area contributed by atoms with Crippen molar-refractivity contribution < 1.29 is 9.72 Å². The summed E-state index contributed by atoms with van der Waals surface area (Å²) in [5, 5.41) is 11.2. The van der Waals surface area contributed by atoms with E-state index in [1.54, 1.807) is 17.0 Å². The molecule has 24 heavy (non-hydrogen) atoms. The molecule has 0 atom stereocenters. The Morgan fingerprint density at radius 3 is 2.50 bits per heavy atom. The molecule has 2 rings (SSSR count). The minimum atomic E-state index is -0.498. The van der Waals surface area contributed by atoms with Gasteiger partial charge in [-0.2, -0.15) is 0 Å². The molecule has 126 valence electrons. The minimum Gasteiger partial charge on any atom is -0.338 e. The van der Waals surface area contributed by atoms with E-state index in [1.807, 2.05) is 43.5 Å². The number of nitrogens with zero attached hydrogens (tertiary/aromatic N) is 2. The van der Waals surface area contributed by atoms with Crippen molar-refractivity contribution >= 4 is 23.4 Å². The Kier molecular flexibility index (Phi) is 6.37. The van der Waals surface area contributed by atoms with Crippen molar-refractivity contribution in [2.24, 2.45) is 0 Å². The highest BCUT2D eigenvalue weighted by Crippen LogP contribution is 2.26. The number of carbonyl (C=O) groups excluding carboxylic acids is 1. The summed E-state index contributed by atoms with van der Waals surface area (Å²) in [6.07, 6.45) is 2.60. The second-order valence-electron chi connectivity index (χ2n) is 5.26. The van der Waals surface area contributed by atoms with Gasteiger partial charge in [-0.25, -0.2) is 0 Å². The van der Waals surface area contributed by atoms with Crippen LogP contribution in [0.2, 0.25) is 0 Å². The Morgan fingerprint density at radius 2 is 1.92 bits per heavy atom. The first kappa shape index (κ1) is 18.0. The van der Waals surface area contributed by atoms with E-state index >= 15 is 0 Å². The summed E-state index contributed by atoms with van der Waals surface area (Å²) in [4.78, 5) is 26.0. The van der Waals surface area contributed by atoms with Gasteiger partial charge in [-0.3, -0.25) is 14.9 Å². The van der Waals surface area contributed by atoms with Gasteiger partial charge in [0.25, 0.3) is 11.6 Å². The summed E-state index contributed by atoms with van der Waals surface area (Å²) < 4.78 is 0. The van der Waals surface area contributed by atoms with Gasteiger partial charge >= 0.3 is 0 Å². The van der Waals surface area contributed by atoms with Crippen LogP contribution in [0.3, 0.4) is 0 Å². The van der Waals surface area contributed by atoms with E-state index in [0.29, 0.717) is 13.1 Å². The Labute approximate surface area is 145 Å². The Hall–Kier alpha value is -2.34. The summed E-state index contributed by atoms with van der Waals surface area (Å²) in [7, 11) is 0. The second kappa shape index (κ2) is 8.49. The number of nitro groups is 1. The number of rotatable bonds is 7. The van der Waals surface area contributed by atoms with Crippen LogP contribution < -0.4 is 0 Å². The van der Waals surface area contributed by atoms with Crippen LogP contribution in [0.25, 0.3) is 0 Å². The van der Waals surface area contributed by atoms with E-state index in [4.69, 9.17) is 0 Å². The van der Waals surface area contributed by atoms with E-state index in [2.05, 4.69) is 0 Å². The van der Waals surface area contributed by atoms with Gasteiger partial charge in [0.2, 0.25) is 0 Å². The second-order valence-corrected chi connectivity index (χ2v) is 6.14. The van der Waals surface area contributed by atoms with Gasteiger partial charge in [-0.05, 0) is 37.3 Å². The maximum absolute atomic E-state index is 12.8. The molecule has 1 amide bonds. The van der Waals surface area contributed by atoms with E-state index in [-0.39, 0.29) is 17.2 Å². The number of amides is 1.